The van der Waals surface area contributed by atoms with E-state index in [0.717, 1.165) is 25.3 Å². The van der Waals surface area contributed by atoms with Gasteiger partial charge in [0, 0.05) is 25.7 Å². The second kappa shape index (κ2) is 5.94. The van der Waals surface area contributed by atoms with Crippen molar-refractivity contribution < 1.29 is 9.59 Å². The number of carbonyl (C=O) groups excluding carboxylic acids is 2. The molecule has 0 aliphatic carbocycles. The summed E-state index contributed by atoms with van der Waals surface area (Å²) in [5.41, 5.74) is 0.561. The van der Waals surface area contributed by atoms with Crippen LogP contribution in [0.4, 0.5) is 11.4 Å². The van der Waals surface area contributed by atoms with Gasteiger partial charge in [0.1, 0.15) is 5.54 Å². The third-order valence-electron chi connectivity index (χ3n) is 4.73. The first-order valence-corrected chi connectivity index (χ1v) is 8.09. The van der Waals surface area contributed by atoms with Crippen molar-refractivity contribution in [2.75, 3.05) is 36.4 Å². The summed E-state index contributed by atoms with van der Waals surface area (Å²) in [6, 6.07) is 7.77. The number of para-hydroxylation sites is 2. The van der Waals surface area contributed by atoms with Gasteiger partial charge in [0.15, 0.2) is 0 Å². The highest BCUT2D eigenvalue weighted by molar-refractivity contribution is 6.14. The Labute approximate surface area is 136 Å². The first-order valence-electron chi connectivity index (χ1n) is 8.09. The minimum atomic E-state index is -0.900. The van der Waals surface area contributed by atoms with Gasteiger partial charge in [0.25, 0.3) is 0 Å². The van der Waals surface area contributed by atoms with E-state index in [0.29, 0.717) is 18.3 Å². The van der Waals surface area contributed by atoms with Crippen molar-refractivity contribution in [3.8, 4) is 0 Å². The van der Waals surface area contributed by atoms with Crippen LogP contribution in [-0.4, -0.2) is 54.5 Å². The summed E-state index contributed by atoms with van der Waals surface area (Å²) in [7, 11) is 0. The average molecular weight is 316 g/mol. The lowest BCUT2D eigenvalue weighted by Crippen LogP contribution is -2.61. The second-order valence-electron chi connectivity index (χ2n) is 6.78. The molecule has 0 saturated carbocycles. The molecule has 2 N–H and O–H groups in total. The molecule has 3 rings (SSSR count). The first kappa shape index (κ1) is 16.0. The van der Waals surface area contributed by atoms with E-state index in [1.807, 2.05) is 24.3 Å². The standard InChI is InChI=1S/C17H24N4O2/c1-12-10-18-8-9-20(12)11-15(22)21-14-7-5-4-6-13(14)19-16(23)17(21,2)3/h4-7,12,18H,8-11H2,1-3H3,(H,19,23)/t12-/m1/s1. The van der Waals surface area contributed by atoms with Gasteiger partial charge in [-0.25, -0.2) is 0 Å². The second-order valence-corrected chi connectivity index (χ2v) is 6.78. The van der Waals surface area contributed by atoms with Crippen LogP contribution in [0, 0.1) is 0 Å². The summed E-state index contributed by atoms with van der Waals surface area (Å²) in [6.07, 6.45) is 0. The number of nitrogens with one attached hydrogen (secondary N) is 2. The van der Waals surface area contributed by atoms with E-state index in [9.17, 15) is 9.59 Å². The van der Waals surface area contributed by atoms with Crippen LogP contribution in [-0.2, 0) is 9.59 Å². The number of rotatable bonds is 2. The minimum Gasteiger partial charge on any atom is -0.322 e. The molecule has 2 aliphatic rings. The molecule has 0 aromatic heterocycles. The molecule has 1 aromatic carbocycles. The van der Waals surface area contributed by atoms with Crippen LogP contribution in [0.3, 0.4) is 0 Å². The van der Waals surface area contributed by atoms with E-state index >= 15 is 0 Å². The highest BCUT2D eigenvalue weighted by atomic mass is 16.2. The number of hydrogen-bond donors (Lipinski definition) is 2. The molecule has 1 aromatic rings. The molecule has 2 heterocycles. The van der Waals surface area contributed by atoms with Gasteiger partial charge >= 0.3 is 0 Å². The third kappa shape index (κ3) is 2.84. The molecule has 6 nitrogen and oxygen atoms in total. The Morgan fingerprint density at radius 1 is 1.35 bits per heavy atom. The molecule has 2 amide bonds. The maximum atomic E-state index is 13.0. The zero-order valence-corrected chi connectivity index (χ0v) is 13.9. The molecule has 0 bridgehead atoms. The quantitative estimate of drug-likeness (QED) is 0.856. The minimum absolute atomic E-state index is 0.0361. The Morgan fingerprint density at radius 3 is 2.83 bits per heavy atom. The fourth-order valence-corrected chi connectivity index (χ4v) is 3.26. The predicted octanol–water partition coefficient (Wildman–Crippen LogP) is 1.04. The monoisotopic (exact) mass is 316 g/mol. The number of nitrogens with zero attached hydrogens (tertiary/aromatic N) is 2. The smallest absolute Gasteiger partial charge is 0.250 e. The van der Waals surface area contributed by atoms with Gasteiger partial charge in [-0.3, -0.25) is 19.4 Å². The molecule has 124 valence electrons. The van der Waals surface area contributed by atoms with E-state index in [2.05, 4.69) is 22.5 Å². The van der Waals surface area contributed by atoms with Crippen LogP contribution in [0.1, 0.15) is 20.8 Å². The van der Waals surface area contributed by atoms with Crippen molar-refractivity contribution in [1.82, 2.24) is 10.2 Å². The van der Waals surface area contributed by atoms with Crippen molar-refractivity contribution in [2.24, 2.45) is 0 Å². The molecular formula is C17H24N4O2. The van der Waals surface area contributed by atoms with Crippen molar-refractivity contribution >= 4 is 23.2 Å². The van der Waals surface area contributed by atoms with Gasteiger partial charge < -0.3 is 10.6 Å². The van der Waals surface area contributed by atoms with Crippen molar-refractivity contribution in [3.63, 3.8) is 0 Å². The number of carbonyl (C=O) groups is 2. The Balaban J connectivity index is 1.89. The molecule has 0 unspecified atom stereocenters. The summed E-state index contributed by atoms with van der Waals surface area (Å²) in [5.74, 6) is -0.191. The van der Waals surface area contributed by atoms with Crippen LogP contribution >= 0.6 is 0 Å². The highest BCUT2D eigenvalue weighted by Gasteiger charge is 2.43. The molecule has 1 atom stereocenters. The van der Waals surface area contributed by atoms with Crippen LogP contribution < -0.4 is 15.5 Å². The van der Waals surface area contributed by atoms with Crippen molar-refractivity contribution in [2.45, 2.75) is 32.4 Å². The Kier molecular flexibility index (Phi) is 4.12. The Bertz CT molecular complexity index is 629. The number of piperazine rings is 1. The summed E-state index contributed by atoms with van der Waals surface area (Å²) in [5, 5.41) is 6.22. The largest absolute Gasteiger partial charge is 0.322 e. The average Bonchev–Trinajstić information content (AvgIpc) is 2.50. The van der Waals surface area contributed by atoms with Gasteiger partial charge in [0.2, 0.25) is 11.8 Å². The van der Waals surface area contributed by atoms with E-state index in [1.165, 1.54) is 0 Å². The third-order valence-corrected chi connectivity index (χ3v) is 4.73. The molecular weight excluding hydrogens is 292 g/mol. The van der Waals surface area contributed by atoms with Crippen LogP contribution in [0.5, 0.6) is 0 Å². The molecule has 23 heavy (non-hydrogen) atoms. The number of amides is 2. The van der Waals surface area contributed by atoms with E-state index in [4.69, 9.17) is 0 Å². The highest BCUT2D eigenvalue weighted by Crippen LogP contribution is 2.36. The zero-order chi connectivity index (χ0) is 16.6. The lowest BCUT2D eigenvalue weighted by Gasteiger charge is -2.43. The number of fused-ring (bicyclic) bond motifs is 1. The van der Waals surface area contributed by atoms with E-state index in [-0.39, 0.29) is 11.8 Å². The number of anilines is 2. The van der Waals surface area contributed by atoms with Crippen LogP contribution in [0.15, 0.2) is 24.3 Å². The molecule has 1 saturated heterocycles. The fourth-order valence-electron chi connectivity index (χ4n) is 3.26. The van der Waals surface area contributed by atoms with Gasteiger partial charge in [-0.1, -0.05) is 12.1 Å². The number of benzene rings is 1. The van der Waals surface area contributed by atoms with Gasteiger partial charge in [-0.2, -0.15) is 0 Å². The van der Waals surface area contributed by atoms with Crippen molar-refractivity contribution in [1.29, 1.82) is 0 Å². The van der Waals surface area contributed by atoms with Crippen molar-refractivity contribution in [3.05, 3.63) is 24.3 Å². The fraction of sp³-hybridized carbons (Fsp3) is 0.529. The van der Waals surface area contributed by atoms with Crippen LogP contribution in [0.2, 0.25) is 0 Å². The predicted molar refractivity (Wildman–Crippen MR) is 90.5 cm³/mol. The Hall–Kier alpha value is -1.92. The normalized spacial score (nSPS) is 24.0. The topological polar surface area (TPSA) is 64.7 Å². The van der Waals surface area contributed by atoms with Gasteiger partial charge in [-0.15, -0.1) is 0 Å². The first-order chi connectivity index (χ1) is 10.9. The molecule has 1 fully saturated rings. The maximum absolute atomic E-state index is 13.0. The lowest BCUT2D eigenvalue weighted by molar-refractivity contribution is -0.127. The summed E-state index contributed by atoms with van der Waals surface area (Å²) < 4.78 is 0. The van der Waals surface area contributed by atoms with E-state index in [1.54, 1.807) is 18.7 Å². The molecule has 2 aliphatic heterocycles. The number of hydrogen-bond acceptors (Lipinski definition) is 4. The van der Waals surface area contributed by atoms with Gasteiger partial charge in [-0.05, 0) is 32.9 Å². The van der Waals surface area contributed by atoms with Crippen LogP contribution in [0.25, 0.3) is 0 Å². The molecule has 0 spiro atoms. The Morgan fingerprint density at radius 2 is 2.09 bits per heavy atom. The van der Waals surface area contributed by atoms with E-state index < -0.39 is 5.54 Å². The molecule has 6 heteroatoms. The maximum Gasteiger partial charge on any atom is 0.250 e. The molecule has 0 radical (unpaired) electrons. The zero-order valence-electron chi connectivity index (χ0n) is 13.9. The SMILES string of the molecule is C[C@@H]1CNCCN1CC(=O)N1c2ccccc2NC(=O)C1(C)C. The lowest BCUT2D eigenvalue weighted by atomic mass is 9.96. The summed E-state index contributed by atoms with van der Waals surface area (Å²) >= 11 is 0. The summed E-state index contributed by atoms with van der Waals surface area (Å²) in [6.45, 7) is 8.63. The van der Waals surface area contributed by atoms with Gasteiger partial charge in [0.05, 0.1) is 17.9 Å². The summed E-state index contributed by atoms with van der Waals surface area (Å²) in [4.78, 5) is 29.3.